The fraction of sp³-hybridized carbons (Fsp3) is 0.333. The maximum absolute atomic E-state index is 13.0. The van der Waals surface area contributed by atoms with Crippen molar-refractivity contribution in [3.8, 4) is 22.5 Å². The van der Waals surface area contributed by atoms with Crippen LogP contribution >= 0.6 is 0 Å². The van der Waals surface area contributed by atoms with Gasteiger partial charge >= 0.3 is 5.69 Å². The molecule has 2 N–H and O–H groups in total. The first kappa shape index (κ1) is 35.7. The highest BCUT2D eigenvalue weighted by Gasteiger charge is 2.24. The fourth-order valence-electron chi connectivity index (χ4n) is 6.96. The Labute approximate surface area is 300 Å². The van der Waals surface area contributed by atoms with E-state index in [2.05, 4.69) is 58.2 Å². The van der Waals surface area contributed by atoms with Crippen LogP contribution in [0.5, 0.6) is 0 Å². The molecular weight excluding hydrogens is 635 g/mol. The molecule has 0 spiro atoms. The third-order valence-electron chi connectivity index (χ3n) is 9.76. The van der Waals surface area contributed by atoms with Crippen molar-refractivity contribution in [3.63, 3.8) is 0 Å². The Hall–Kier alpha value is -5.12. The molecule has 51 heavy (non-hydrogen) atoms. The first-order chi connectivity index (χ1) is 25.0. The molecule has 3 heterocycles. The van der Waals surface area contributed by atoms with Crippen molar-refractivity contribution in [1.29, 1.82) is 0 Å². The molecule has 1 fully saturated rings. The number of aromatic amines is 1. The van der Waals surface area contributed by atoms with Crippen molar-refractivity contribution in [1.82, 2.24) is 34.6 Å². The van der Waals surface area contributed by atoms with Gasteiger partial charge in [0.15, 0.2) is 0 Å². The number of imidazole rings is 1. The molecule has 0 radical (unpaired) electrons. The molecule has 0 atom stereocenters. The molecule has 0 unspecified atom stereocenters. The number of para-hydroxylation sites is 2. The number of amides is 1. The van der Waals surface area contributed by atoms with Crippen LogP contribution < -0.4 is 11.0 Å². The lowest BCUT2D eigenvalue weighted by Crippen LogP contribution is -2.36. The van der Waals surface area contributed by atoms with Crippen molar-refractivity contribution in [2.45, 2.75) is 53.1 Å². The van der Waals surface area contributed by atoms with E-state index >= 15 is 0 Å². The SMILES string of the molecule is CC.CCN(CC)CCNC(=O)c1ccc2nc(-c3ccc(CN4CCC(n5c(=O)[nH]c6ccccc65)CC4)cc3)c(-c3ccccc3)nc2c1. The smallest absolute Gasteiger partial charge is 0.326 e. The number of likely N-dealkylation sites (N-methyl/N-ethyl adjacent to an activating group) is 1. The zero-order chi connectivity index (χ0) is 35.7. The summed E-state index contributed by atoms with van der Waals surface area (Å²) in [7, 11) is 0. The van der Waals surface area contributed by atoms with Crippen LogP contribution in [0.3, 0.4) is 0 Å². The lowest BCUT2D eigenvalue weighted by Gasteiger charge is -2.32. The second-order valence-corrected chi connectivity index (χ2v) is 12.8. The molecule has 1 aliphatic rings. The molecule has 1 aliphatic heterocycles. The van der Waals surface area contributed by atoms with Crippen LogP contribution in [0.2, 0.25) is 0 Å². The Morgan fingerprint density at radius 3 is 2.18 bits per heavy atom. The molecule has 2 aromatic heterocycles. The van der Waals surface area contributed by atoms with Crippen LogP contribution in [0.15, 0.2) is 102 Å². The molecule has 0 saturated carbocycles. The average molecular weight is 684 g/mol. The van der Waals surface area contributed by atoms with Gasteiger partial charge in [0.2, 0.25) is 0 Å². The van der Waals surface area contributed by atoms with Crippen molar-refractivity contribution < 1.29 is 4.79 Å². The van der Waals surface area contributed by atoms with Crippen molar-refractivity contribution in [2.24, 2.45) is 0 Å². The predicted molar refractivity (Wildman–Crippen MR) is 208 cm³/mol. The number of hydrogen-bond donors (Lipinski definition) is 2. The zero-order valence-corrected chi connectivity index (χ0v) is 30.2. The number of carbonyl (C=O) groups excluding carboxylic acids is 1. The molecule has 0 bridgehead atoms. The van der Waals surface area contributed by atoms with Gasteiger partial charge in [0.1, 0.15) is 0 Å². The van der Waals surface area contributed by atoms with Gasteiger partial charge in [0.25, 0.3) is 5.91 Å². The van der Waals surface area contributed by atoms with Gasteiger partial charge in [-0.25, -0.2) is 14.8 Å². The molecule has 7 rings (SSSR count). The first-order valence-corrected chi connectivity index (χ1v) is 18.4. The summed E-state index contributed by atoms with van der Waals surface area (Å²) < 4.78 is 1.94. The van der Waals surface area contributed by atoms with Crippen LogP contribution in [0.4, 0.5) is 0 Å². The molecule has 9 nitrogen and oxygen atoms in total. The van der Waals surface area contributed by atoms with E-state index in [4.69, 9.17) is 9.97 Å². The molecule has 1 amide bonds. The average Bonchev–Trinajstić information content (AvgIpc) is 3.53. The zero-order valence-electron chi connectivity index (χ0n) is 30.2. The summed E-state index contributed by atoms with van der Waals surface area (Å²) in [5.41, 5.74) is 8.68. The van der Waals surface area contributed by atoms with Crippen LogP contribution in [0, 0.1) is 0 Å². The van der Waals surface area contributed by atoms with Gasteiger partial charge in [-0.2, -0.15) is 0 Å². The number of nitrogens with one attached hydrogen (secondary N) is 2. The standard InChI is InChI=1S/C40H43N7O2.C2H6/c1-3-45(4-2)25-22-41-39(48)31-18-19-33-35(26-31)43-37(29-10-6-5-7-11-29)38(42-33)30-16-14-28(15-17-30)27-46-23-20-32(21-24-46)47-36-13-9-8-12-34(36)44-40(47)49;1-2/h5-19,26,32H,3-4,20-25,27H2,1-2H3,(H,41,48)(H,44,49);1-2H3. The summed E-state index contributed by atoms with van der Waals surface area (Å²) in [6, 6.07) is 32.4. The summed E-state index contributed by atoms with van der Waals surface area (Å²) in [6.07, 6.45) is 1.87. The molecule has 6 aromatic rings. The highest BCUT2D eigenvalue weighted by atomic mass is 16.2. The van der Waals surface area contributed by atoms with E-state index < -0.39 is 0 Å². The second kappa shape index (κ2) is 16.7. The number of aromatic nitrogens is 4. The third kappa shape index (κ3) is 8.11. The number of carbonyl (C=O) groups is 1. The van der Waals surface area contributed by atoms with E-state index in [1.807, 2.05) is 91.2 Å². The molecule has 1 saturated heterocycles. The van der Waals surface area contributed by atoms with E-state index in [0.29, 0.717) is 17.6 Å². The van der Waals surface area contributed by atoms with Crippen LogP contribution in [-0.2, 0) is 6.54 Å². The number of benzene rings is 4. The minimum Gasteiger partial charge on any atom is -0.351 e. The van der Waals surface area contributed by atoms with Gasteiger partial charge in [-0.1, -0.05) is 94.4 Å². The molecule has 264 valence electrons. The Morgan fingerprint density at radius 1 is 0.824 bits per heavy atom. The van der Waals surface area contributed by atoms with E-state index in [0.717, 1.165) is 91.2 Å². The molecule has 0 aliphatic carbocycles. The topological polar surface area (TPSA) is 99.1 Å². The lowest BCUT2D eigenvalue weighted by molar-refractivity contribution is 0.0949. The van der Waals surface area contributed by atoms with Gasteiger partial charge in [0.05, 0.1) is 33.5 Å². The van der Waals surface area contributed by atoms with Crippen LogP contribution in [0.25, 0.3) is 44.6 Å². The van der Waals surface area contributed by atoms with Gasteiger partial charge in [0, 0.05) is 55.5 Å². The number of H-pyrrole nitrogens is 1. The van der Waals surface area contributed by atoms with Crippen LogP contribution in [0.1, 0.15) is 62.5 Å². The lowest BCUT2D eigenvalue weighted by atomic mass is 10.0. The van der Waals surface area contributed by atoms with E-state index in [1.54, 1.807) is 0 Å². The maximum atomic E-state index is 13.0. The summed E-state index contributed by atoms with van der Waals surface area (Å²) in [5.74, 6) is -0.104. The second-order valence-electron chi connectivity index (χ2n) is 12.8. The molecule has 9 heteroatoms. The number of piperidine rings is 1. The van der Waals surface area contributed by atoms with Gasteiger partial charge in [-0.05, 0) is 61.8 Å². The number of hydrogen-bond acceptors (Lipinski definition) is 6. The van der Waals surface area contributed by atoms with Crippen LogP contribution in [-0.4, -0.2) is 74.5 Å². The Bertz CT molecular complexity index is 2110. The van der Waals surface area contributed by atoms with Crippen molar-refractivity contribution >= 4 is 28.0 Å². The number of nitrogens with zero attached hydrogens (tertiary/aromatic N) is 5. The number of likely N-dealkylation sites (tertiary alicyclic amines) is 1. The van der Waals surface area contributed by atoms with Crippen molar-refractivity contribution in [2.75, 3.05) is 39.3 Å². The number of rotatable bonds is 11. The largest absolute Gasteiger partial charge is 0.351 e. The highest BCUT2D eigenvalue weighted by Crippen LogP contribution is 2.32. The monoisotopic (exact) mass is 683 g/mol. The van der Waals surface area contributed by atoms with E-state index in [-0.39, 0.29) is 17.6 Å². The Balaban J connectivity index is 0.00000220. The Kier molecular flexibility index (Phi) is 11.7. The van der Waals surface area contributed by atoms with Gasteiger partial charge < -0.3 is 15.2 Å². The molecular formula is C42H49N7O2. The quantitative estimate of drug-likeness (QED) is 0.146. The van der Waals surface area contributed by atoms with Crippen molar-refractivity contribution in [3.05, 3.63) is 119 Å². The summed E-state index contributed by atoms with van der Waals surface area (Å²) in [5, 5.41) is 3.05. The van der Waals surface area contributed by atoms with Gasteiger partial charge in [-0.3, -0.25) is 14.3 Å². The van der Waals surface area contributed by atoms with E-state index in [1.165, 1.54) is 5.56 Å². The number of fused-ring (bicyclic) bond motifs is 2. The predicted octanol–water partition coefficient (Wildman–Crippen LogP) is 7.54. The summed E-state index contributed by atoms with van der Waals surface area (Å²) in [4.78, 5) is 43.7. The summed E-state index contributed by atoms with van der Waals surface area (Å²) in [6.45, 7) is 14.3. The highest BCUT2D eigenvalue weighted by molar-refractivity contribution is 5.98. The minimum atomic E-state index is -0.104. The Morgan fingerprint density at radius 2 is 1.47 bits per heavy atom. The molecule has 4 aromatic carbocycles. The first-order valence-electron chi connectivity index (χ1n) is 18.4. The summed E-state index contributed by atoms with van der Waals surface area (Å²) >= 11 is 0. The normalized spacial score (nSPS) is 13.7. The van der Waals surface area contributed by atoms with E-state index in [9.17, 15) is 9.59 Å². The van der Waals surface area contributed by atoms with Gasteiger partial charge in [-0.15, -0.1) is 0 Å². The third-order valence-corrected chi connectivity index (χ3v) is 9.76. The minimum absolute atomic E-state index is 0.0192. The maximum Gasteiger partial charge on any atom is 0.326 e. The fourth-order valence-corrected chi connectivity index (χ4v) is 6.96.